The number of sulfonamides is 1. The zero-order chi connectivity index (χ0) is 19.7. The van der Waals surface area contributed by atoms with Gasteiger partial charge in [-0.15, -0.1) is 4.40 Å². The lowest BCUT2D eigenvalue weighted by atomic mass is 9.99. The first-order valence-corrected chi connectivity index (χ1v) is 10.8. The van der Waals surface area contributed by atoms with E-state index in [0.29, 0.717) is 17.9 Å². The molecule has 2 N–H and O–H groups in total. The van der Waals surface area contributed by atoms with E-state index in [1.165, 1.54) is 6.07 Å². The van der Waals surface area contributed by atoms with Crippen molar-refractivity contribution in [2.45, 2.75) is 36.2 Å². The third-order valence-electron chi connectivity index (χ3n) is 5.25. The minimum absolute atomic E-state index is 0.0923. The average molecular weight is 402 g/mol. The molecule has 0 saturated carbocycles. The number of nitrogens with zero attached hydrogens (tertiary/aromatic N) is 2. The van der Waals surface area contributed by atoms with Crippen molar-refractivity contribution in [3.8, 4) is 0 Å². The maximum Gasteiger partial charge on any atom is 0.285 e. The number of amidine groups is 1. The van der Waals surface area contributed by atoms with Crippen molar-refractivity contribution in [1.29, 1.82) is 0 Å². The van der Waals surface area contributed by atoms with E-state index in [4.69, 9.17) is 0 Å². The van der Waals surface area contributed by atoms with Gasteiger partial charge in [0.15, 0.2) is 0 Å². The van der Waals surface area contributed by atoms with Crippen molar-refractivity contribution in [2.75, 3.05) is 13.6 Å². The van der Waals surface area contributed by atoms with Gasteiger partial charge in [-0.1, -0.05) is 24.3 Å². The fourth-order valence-corrected chi connectivity index (χ4v) is 5.05. The number of halogens is 1. The first-order chi connectivity index (χ1) is 13.4. The number of nitrogens with one attached hydrogen (secondary N) is 2. The zero-order valence-electron chi connectivity index (χ0n) is 15.6. The highest BCUT2D eigenvalue weighted by Crippen LogP contribution is 2.28. The Hall–Kier alpha value is -2.29. The van der Waals surface area contributed by atoms with Crippen LogP contribution in [0.1, 0.15) is 36.4 Å². The van der Waals surface area contributed by atoms with Gasteiger partial charge in [0.25, 0.3) is 10.0 Å². The summed E-state index contributed by atoms with van der Waals surface area (Å²) in [7, 11) is -1.72. The van der Waals surface area contributed by atoms with Gasteiger partial charge in [0.05, 0.1) is 0 Å². The smallest absolute Gasteiger partial charge is 0.285 e. The molecule has 2 aromatic carbocycles. The first-order valence-electron chi connectivity index (χ1n) is 9.36. The van der Waals surface area contributed by atoms with Gasteiger partial charge >= 0.3 is 0 Å². The van der Waals surface area contributed by atoms with E-state index in [1.54, 1.807) is 30.3 Å². The molecule has 4 rings (SSSR count). The number of benzene rings is 2. The minimum atomic E-state index is -3.59. The van der Waals surface area contributed by atoms with Gasteiger partial charge in [0.1, 0.15) is 16.5 Å². The van der Waals surface area contributed by atoms with Crippen LogP contribution in [-0.4, -0.2) is 38.8 Å². The molecule has 2 aliphatic heterocycles. The van der Waals surface area contributed by atoms with Crippen LogP contribution in [0.4, 0.5) is 4.39 Å². The number of rotatable bonds is 5. The normalized spacial score (nSPS) is 22.7. The average Bonchev–Trinajstić information content (AvgIpc) is 3.25. The molecule has 0 aliphatic carbocycles. The predicted octanol–water partition coefficient (Wildman–Crippen LogP) is 2.59. The van der Waals surface area contributed by atoms with Crippen LogP contribution in [0.5, 0.6) is 0 Å². The lowest BCUT2D eigenvalue weighted by molar-refractivity contribution is 0.436. The number of hydrogen-bond donors (Lipinski definition) is 2. The number of hydrogen-bond acceptors (Lipinski definition) is 5. The summed E-state index contributed by atoms with van der Waals surface area (Å²) in [5.41, 5.74) is 8.12. The second-order valence-corrected chi connectivity index (χ2v) is 8.85. The topological polar surface area (TPSA) is 73.8 Å². The molecule has 0 aromatic heterocycles. The summed E-state index contributed by atoms with van der Waals surface area (Å²) < 4.78 is 41.7. The quantitative estimate of drug-likeness (QED) is 0.804. The molecular weight excluding hydrogens is 379 g/mol. The summed E-state index contributed by atoms with van der Waals surface area (Å²) >= 11 is 0. The van der Waals surface area contributed by atoms with E-state index >= 15 is 0 Å². The van der Waals surface area contributed by atoms with Crippen LogP contribution in [0.3, 0.4) is 0 Å². The van der Waals surface area contributed by atoms with Crippen molar-refractivity contribution in [3.63, 3.8) is 0 Å². The molecule has 1 fully saturated rings. The minimum Gasteiger partial charge on any atom is -0.358 e. The van der Waals surface area contributed by atoms with Crippen LogP contribution in [0, 0.1) is 5.82 Å². The number of fused-ring (bicyclic) bond motifs is 1. The Bertz CT molecular complexity index is 1010. The van der Waals surface area contributed by atoms with Crippen LogP contribution in [0.25, 0.3) is 0 Å². The lowest BCUT2D eigenvalue weighted by Crippen LogP contribution is -2.32. The summed E-state index contributed by atoms with van der Waals surface area (Å²) in [4.78, 5) is 2.17. The lowest BCUT2D eigenvalue weighted by Gasteiger charge is -2.20. The first kappa shape index (κ1) is 19.0. The zero-order valence-corrected chi connectivity index (χ0v) is 16.4. The van der Waals surface area contributed by atoms with E-state index in [0.717, 1.165) is 24.8 Å². The Kier molecular flexibility index (Phi) is 5.18. The van der Waals surface area contributed by atoms with Gasteiger partial charge in [0.2, 0.25) is 0 Å². The molecule has 2 atom stereocenters. The van der Waals surface area contributed by atoms with Crippen molar-refractivity contribution in [2.24, 2.45) is 4.40 Å². The van der Waals surface area contributed by atoms with Crippen LogP contribution < -0.4 is 10.9 Å². The summed E-state index contributed by atoms with van der Waals surface area (Å²) in [6, 6.07) is 14.0. The molecule has 1 saturated heterocycles. The monoisotopic (exact) mass is 402 g/mol. The third-order valence-corrected chi connectivity index (χ3v) is 6.58. The highest BCUT2D eigenvalue weighted by molar-refractivity contribution is 7.90. The van der Waals surface area contributed by atoms with E-state index in [1.807, 2.05) is 24.1 Å². The Labute approximate surface area is 164 Å². The molecule has 2 aliphatic rings. The molecule has 0 radical (unpaired) electrons. The Morgan fingerprint density at radius 2 is 2.00 bits per heavy atom. The van der Waals surface area contributed by atoms with Crippen molar-refractivity contribution in [1.82, 2.24) is 15.8 Å². The summed E-state index contributed by atoms with van der Waals surface area (Å²) in [6.07, 6.45) is 2.68. The summed E-state index contributed by atoms with van der Waals surface area (Å²) in [5, 5.41) is 0. The Morgan fingerprint density at radius 1 is 1.18 bits per heavy atom. The SMILES string of the molecule is CN(CCCC1CC(c2cccc(F)c2)NN1)C1=NS(=O)(=O)c2ccccc21. The Morgan fingerprint density at radius 3 is 2.82 bits per heavy atom. The highest BCUT2D eigenvalue weighted by Gasteiger charge is 2.30. The van der Waals surface area contributed by atoms with Crippen molar-refractivity contribution >= 4 is 15.9 Å². The van der Waals surface area contributed by atoms with Gasteiger partial charge in [-0.25, -0.2) is 4.39 Å². The molecule has 0 amide bonds. The molecule has 2 heterocycles. The van der Waals surface area contributed by atoms with Gasteiger partial charge in [0, 0.05) is 31.2 Å². The second kappa shape index (κ2) is 7.62. The second-order valence-electron chi connectivity index (χ2n) is 7.28. The maximum atomic E-state index is 13.4. The molecular formula is C20H23FN4O2S. The van der Waals surface area contributed by atoms with Crippen molar-refractivity contribution in [3.05, 3.63) is 65.5 Å². The van der Waals surface area contributed by atoms with Gasteiger partial charge < -0.3 is 4.90 Å². The van der Waals surface area contributed by atoms with Gasteiger partial charge in [-0.2, -0.15) is 8.42 Å². The van der Waals surface area contributed by atoms with Gasteiger partial charge in [-0.3, -0.25) is 10.9 Å². The summed E-state index contributed by atoms with van der Waals surface area (Å²) in [5.74, 6) is 0.280. The standard InChI is InChI=1S/C20H23FN4O2S/c1-25(20-17-9-2-3-10-19(17)28(26,27)24-20)11-5-8-16-13-18(23-22-16)14-6-4-7-15(21)12-14/h2-4,6-7,9-10,12,16,18,22-23H,5,8,11,13H2,1H3. The predicted molar refractivity (Wildman–Crippen MR) is 106 cm³/mol. The van der Waals surface area contributed by atoms with E-state index in [-0.39, 0.29) is 22.8 Å². The molecule has 2 aromatic rings. The van der Waals surface area contributed by atoms with Crippen LogP contribution in [0.15, 0.2) is 57.8 Å². The molecule has 28 heavy (non-hydrogen) atoms. The molecule has 6 nitrogen and oxygen atoms in total. The Balaban J connectivity index is 1.32. The van der Waals surface area contributed by atoms with E-state index in [2.05, 4.69) is 15.2 Å². The third kappa shape index (κ3) is 3.80. The molecule has 0 spiro atoms. The number of hydrazine groups is 1. The fourth-order valence-electron chi connectivity index (χ4n) is 3.80. The van der Waals surface area contributed by atoms with Crippen molar-refractivity contribution < 1.29 is 12.8 Å². The summed E-state index contributed by atoms with van der Waals surface area (Å²) in [6.45, 7) is 0.700. The largest absolute Gasteiger partial charge is 0.358 e. The fraction of sp³-hybridized carbons (Fsp3) is 0.350. The molecule has 8 heteroatoms. The van der Waals surface area contributed by atoms with E-state index < -0.39 is 10.0 Å². The molecule has 148 valence electrons. The molecule has 0 bridgehead atoms. The van der Waals surface area contributed by atoms with E-state index in [9.17, 15) is 12.8 Å². The van der Waals surface area contributed by atoms with Crippen LogP contribution in [-0.2, 0) is 10.0 Å². The van der Waals surface area contributed by atoms with Crippen LogP contribution >= 0.6 is 0 Å². The molecule has 2 unspecified atom stereocenters. The highest BCUT2D eigenvalue weighted by atomic mass is 32.2. The van der Waals surface area contributed by atoms with Crippen LogP contribution in [0.2, 0.25) is 0 Å². The van der Waals surface area contributed by atoms with Gasteiger partial charge in [-0.05, 0) is 49.1 Å². The maximum absolute atomic E-state index is 13.4.